The van der Waals surface area contributed by atoms with Crippen LogP contribution in [0.5, 0.6) is 0 Å². The van der Waals surface area contributed by atoms with Gasteiger partial charge in [0, 0.05) is 6.42 Å². The Labute approximate surface area is 160 Å². The van der Waals surface area contributed by atoms with Gasteiger partial charge in [-0.3, -0.25) is 14.4 Å². The first kappa shape index (κ1) is 20.9. The van der Waals surface area contributed by atoms with Gasteiger partial charge in [0.15, 0.2) is 0 Å². The van der Waals surface area contributed by atoms with E-state index in [4.69, 9.17) is 15.3 Å². The van der Waals surface area contributed by atoms with E-state index in [0.29, 0.717) is 5.06 Å². The van der Waals surface area contributed by atoms with E-state index in [1.807, 2.05) is 0 Å². The second-order valence-electron chi connectivity index (χ2n) is 7.06. The molecule has 0 saturated heterocycles. The van der Waals surface area contributed by atoms with E-state index < -0.39 is 41.4 Å². The minimum atomic E-state index is -1.35. The minimum absolute atomic E-state index is 0.0917. The highest BCUT2D eigenvalue weighted by atomic mass is 16.7. The van der Waals surface area contributed by atoms with Crippen molar-refractivity contribution >= 4 is 29.8 Å². The molecule has 0 saturated carbocycles. The van der Waals surface area contributed by atoms with E-state index >= 15 is 0 Å². The highest BCUT2D eigenvalue weighted by Crippen LogP contribution is 2.23. The first-order valence-electron chi connectivity index (χ1n) is 8.47. The summed E-state index contributed by atoms with van der Waals surface area (Å²) in [6.45, 7) is 4.88. The largest absolute Gasteiger partial charge is 0.444 e. The van der Waals surface area contributed by atoms with E-state index in [0.717, 1.165) is 0 Å². The lowest BCUT2D eigenvalue weighted by molar-refractivity contribution is -0.171. The van der Waals surface area contributed by atoms with E-state index in [1.165, 1.54) is 12.1 Å². The molecule has 1 aromatic carbocycles. The summed E-state index contributed by atoms with van der Waals surface area (Å²) in [4.78, 5) is 65.0. The van der Waals surface area contributed by atoms with E-state index in [1.54, 1.807) is 32.9 Å². The summed E-state index contributed by atoms with van der Waals surface area (Å²) in [7, 11) is 0. The molecular formula is C18H21N3O7. The second-order valence-corrected chi connectivity index (χ2v) is 7.06. The maximum absolute atomic E-state index is 12.5. The standard InChI is InChI=1S/C18H21N3O7/c1-18(2,3)27-17(26)20-12(8-9-13(19)22)16(25)28-21-14(23)10-6-4-5-7-11(10)15(21)24/h4-7,12H,8-9H2,1-3H3,(H2,19,22)(H,20,26)/t12-/m0/s1. The van der Waals surface area contributed by atoms with Crippen molar-refractivity contribution in [1.82, 2.24) is 10.4 Å². The van der Waals surface area contributed by atoms with Crippen molar-refractivity contribution in [3.05, 3.63) is 35.4 Å². The Kier molecular flexibility index (Phi) is 6.02. The molecule has 1 heterocycles. The molecule has 1 atom stereocenters. The predicted molar refractivity (Wildman–Crippen MR) is 94.6 cm³/mol. The normalized spacial score (nSPS) is 14.3. The summed E-state index contributed by atoms with van der Waals surface area (Å²) in [6.07, 6.45) is -1.37. The molecule has 0 aliphatic carbocycles. The molecule has 0 spiro atoms. The molecule has 2 rings (SSSR count). The Morgan fingerprint density at radius 3 is 2.11 bits per heavy atom. The Balaban J connectivity index is 2.12. The third-order valence-electron chi connectivity index (χ3n) is 3.59. The summed E-state index contributed by atoms with van der Waals surface area (Å²) >= 11 is 0. The summed E-state index contributed by atoms with van der Waals surface area (Å²) in [5, 5.41) is 2.58. The number of nitrogens with two attached hydrogens (primary N) is 1. The molecule has 0 unspecified atom stereocenters. The number of imide groups is 1. The van der Waals surface area contributed by atoms with Crippen LogP contribution < -0.4 is 11.1 Å². The molecular weight excluding hydrogens is 370 g/mol. The summed E-state index contributed by atoms with van der Waals surface area (Å²) < 4.78 is 5.07. The Morgan fingerprint density at radius 1 is 1.11 bits per heavy atom. The number of hydroxylamine groups is 2. The van der Waals surface area contributed by atoms with Crippen LogP contribution in [0.15, 0.2) is 24.3 Å². The Morgan fingerprint density at radius 2 is 1.64 bits per heavy atom. The smallest absolute Gasteiger partial charge is 0.408 e. The Bertz CT molecular complexity index is 794. The molecule has 4 amide bonds. The average Bonchev–Trinajstić information content (AvgIpc) is 2.82. The van der Waals surface area contributed by atoms with Crippen LogP contribution in [0.1, 0.15) is 54.3 Å². The zero-order chi connectivity index (χ0) is 21.1. The molecule has 1 aliphatic heterocycles. The number of amides is 4. The molecule has 1 aromatic rings. The van der Waals surface area contributed by atoms with Gasteiger partial charge in [0.25, 0.3) is 11.8 Å². The number of carbonyl (C=O) groups is 5. The second kappa shape index (κ2) is 8.07. The third kappa shape index (κ3) is 5.06. The van der Waals surface area contributed by atoms with E-state index in [-0.39, 0.29) is 24.0 Å². The van der Waals surface area contributed by atoms with Gasteiger partial charge in [-0.25, -0.2) is 9.59 Å². The summed E-state index contributed by atoms with van der Waals surface area (Å²) in [6, 6.07) is 4.62. The number of alkyl carbamates (subject to hydrolysis) is 1. The van der Waals surface area contributed by atoms with Gasteiger partial charge in [-0.2, -0.15) is 0 Å². The van der Waals surface area contributed by atoms with Crippen molar-refractivity contribution in [2.45, 2.75) is 45.3 Å². The van der Waals surface area contributed by atoms with Crippen molar-refractivity contribution in [2.24, 2.45) is 5.73 Å². The zero-order valence-electron chi connectivity index (χ0n) is 15.7. The lowest BCUT2D eigenvalue weighted by atomic mass is 10.1. The number of nitrogens with one attached hydrogen (secondary N) is 1. The SMILES string of the molecule is CC(C)(C)OC(=O)N[C@@H](CCC(N)=O)C(=O)ON1C(=O)c2ccccc2C1=O. The maximum Gasteiger partial charge on any atom is 0.408 e. The van der Waals surface area contributed by atoms with Crippen LogP contribution in [0.25, 0.3) is 0 Å². The topological polar surface area (TPSA) is 145 Å². The van der Waals surface area contributed by atoms with Crippen molar-refractivity contribution in [3.8, 4) is 0 Å². The van der Waals surface area contributed by atoms with Crippen LogP contribution in [0, 0.1) is 0 Å². The lowest BCUT2D eigenvalue weighted by Gasteiger charge is -2.23. The number of primary amides is 1. The van der Waals surface area contributed by atoms with Crippen LogP contribution >= 0.6 is 0 Å². The number of hydrogen-bond donors (Lipinski definition) is 2. The monoisotopic (exact) mass is 391 g/mol. The quantitative estimate of drug-likeness (QED) is 0.685. The van der Waals surface area contributed by atoms with Gasteiger partial charge >= 0.3 is 12.1 Å². The number of rotatable bonds is 6. The molecule has 1 aliphatic rings. The predicted octanol–water partition coefficient (Wildman–Crippen LogP) is 0.900. The van der Waals surface area contributed by atoms with Crippen LogP contribution in [0.3, 0.4) is 0 Å². The maximum atomic E-state index is 12.5. The van der Waals surface area contributed by atoms with Gasteiger partial charge in [0.2, 0.25) is 5.91 Å². The molecule has 0 fully saturated rings. The first-order valence-corrected chi connectivity index (χ1v) is 8.47. The average molecular weight is 391 g/mol. The van der Waals surface area contributed by atoms with Crippen LogP contribution in [-0.4, -0.2) is 46.5 Å². The molecule has 10 nitrogen and oxygen atoms in total. The van der Waals surface area contributed by atoms with Crippen molar-refractivity contribution in [2.75, 3.05) is 0 Å². The summed E-state index contributed by atoms with van der Waals surface area (Å²) in [5.41, 5.74) is 4.44. The fraction of sp³-hybridized carbons (Fsp3) is 0.389. The number of carbonyl (C=O) groups excluding carboxylic acids is 5. The number of hydrogen-bond acceptors (Lipinski definition) is 7. The van der Waals surface area contributed by atoms with Crippen molar-refractivity contribution in [1.29, 1.82) is 0 Å². The van der Waals surface area contributed by atoms with Crippen molar-refractivity contribution in [3.63, 3.8) is 0 Å². The van der Waals surface area contributed by atoms with Gasteiger partial charge in [-0.05, 0) is 39.3 Å². The van der Waals surface area contributed by atoms with Gasteiger partial charge in [-0.1, -0.05) is 17.2 Å². The third-order valence-corrected chi connectivity index (χ3v) is 3.59. The first-order chi connectivity index (χ1) is 13.0. The van der Waals surface area contributed by atoms with Gasteiger partial charge in [0.05, 0.1) is 11.1 Å². The van der Waals surface area contributed by atoms with Gasteiger partial charge < -0.3 is 20.6 Å². The van der Waals surface area contributed by atoms with Crippen LogP contribution in [0.2, 0.25) is 0 Å². The fourth-order valence-electron chi connectivity index (χ4n) is 2.39. The molecule has 0 aromatic heterocycles. The van der Waals surface area contributed by atoms with E-state index in [9.17, 15) is 24.0 Å². The fourth-order valence-corrected chi connectivity index (χ4v) is 2.39. The molecule has 28 heavy (non-hydrogen) atoms. The zero-order valence-corrected chi connectivity index (χ0v) is 15.7. The van der Waals surface area contributed by atoms with Gasteiger partial charge in [-0.15, -0.1) is 0 Å². The number of ether oxygens (including phenoxy) is 1. The van der Waals surface area contributed by atoms with Gasteiger partial charge in [0.1, 0.15) is 11.6 Å². The summed E-state index contributed by atoms with van der Waals surface area (Å²) in [5.74, 6) is -3.43. The Hall–Kier alpha value is -3.43. The highest BCUT2D eigenvalue weighted by Gasteiger charge is 2.40. The lowest BCUT2D eigenvalue weighted by Crippen LogP contribution is -2.47. The van der Waals surface area contributed by atoms with Crippen LogP contribution in [-0.2, 0) is 19.2 Å². The molecule has 0 radical (unpaired) electrons. The molecule has 150 valence electrons. The number of nitrogens with zero attached hydrogens (tertiary/aromatic N) is 1. The van der Waals surface area contributed by atoms with E-state index in [2.05, 4.69) is 5.32 Å². The molecule has 10 heteroatoms. The number of benzene rings is 1. The molecule has 3 N–H and O–H groups in total. The minimum Gasteiger partial charge on any atom is -0.444 e. The number of fused-ring (bicyclic) bond motifs is 1. The van der Waals surface area contributed by atoms with Crippen molar-refractivity contribution < 1.29 is 33.5 Å². The van der Waals surface area contributed by atoms with Crippen LogP contribution in [0.4, 0.5) is 4.79 Å². The molecule has 0 bridgehead atoms. The highest BCUT2D eigenvalue weighted by molar-refractivity contribution is 6.20.